The van der Waals surface area contributed by atoms with Gasteiger partial charge in [0.1, 0.15) is 0 Å². The van der Waals surface area contributed by atoms with Crippen LogP contribution in [0.5, 0.6) is 0 Å². The summed E-state index contributed by atoms with van der Waals surface area (Å²) >= 11 is 1.50. The van der Waals surface area contributed by atoms with Crippen molar-refractivity contribution in [2.24, 2.45) is 11.8 Å². The standard InChI is InChI=1S/C32H34N2O2S/c1-21-10-8-12-27(23(21)3)33-31(35)25-17-15-24(16-18-25)19-30-32(36)34(20-26-11-5-4-9-22(26)2)28-13-6-7-14-29(28)37-30/h4-7,9,11,13-19,21,23,27H,8,10,12,20H2,1-3H3,(H,33,35)/b30-19+/t21-,23-,27+/m0/s1. The first kappa shape index (κ1) is 25.3. The van der Waals surface area contributed by atoms with Crippen molar-refractivity contribution >= 4 is 35.3 Å². The van der Waals surface area contributed by atoms with Crippen LogP contribution < -0.4 is 10.2 Å². The second-order valence-electron chi connectivity index (χ2n) is 10.4. The topological polar surface area (TPSA) is 49.4 Å². The van der Waals surface area contributed by atoms with Crippen molar-refractivity contribution in [1.82, 2.24) is 5.32 Å². The minimum Gasteiger partial charge on any atom is -0.349 e. The summed E-state index contributed by atoms with van der Waals surface area (Å²) in [6, 6.07) is 24.0. The van der Waals surface area contributed by atoms with Crippen LogP contribution in [0.2, 0.25) is 0 Å². The Bertz CT molecular complexity index is 1330. The van der Waals surface area contributed by atoms with Crippen LogP contribution in [-0.4, -0.2) is 17.9 Å². The fraction of sp³-hybridized carbons (Fsp3) is 0.312. The van der Waals surface area contributed by atoms with E-state index in [0.29, 0.717) is 28.8 Å². The lowest BCUT2D eigenvalue weighted by Gasteiger charge is -2.34. The predicted octanol–water partition coefficient (Wildman–Crippen LogP) is 7.23. The number of amides is 2. The van der Waals surface area contributed by atoms with Crippen LogP contribution in [-0.2, 0) is 11.3 Å². The van der Waals surface area contributed by atoms with Crippen LogP contribution >= 0.6 is 11.8 Å². The van der Waals surface area contributed by atoms with Crippen molar-refractivity contribution < 1.29 is 9.59 Å². The first-order chi connectivity index (χ1) is 17.9. The van der Waals surface area contributed by atoms with Crippen molar-refractivity contribution in [1.29, 1.82) is 0 Å². The van der Waals surface area contributed by atoms with E-state index in [9.17, 15) is 9.59 Å². The number of anilines is 1. The van der Waals surface area contributed by atoms with Crippen LogP contribution in [0, 0.1) is 18.8 Å². The Morgan fingerprint density at radius 3 is 2.51 bits per heavy atom. The summed E-state index contributed by atoms with van der Waals surface area (Å²) in [5.41, 5.74) is 4.80. The lowest BCUT2D eigenvalue weighted by Crippen LogP contribution is -2.43. The molecule has 2 amide bonds. The van der Waals surface area contributed by atoms with Gasteiger partial charge in [-0.15, -0.1) is 0 Å². The molecule has 3 atom stereocenters. The van der Waals surface area contributed by atoms with Crippen LogP contribution in [0.15, 0.2) is 82.6 Å². The largest absolute Gasteiger partial charge is 0.349 e. The highest BCUT2D eigenvalue weighted by Gasteiger charge is 2.30. The second kappa shape index (κ2) is 11.0. The third kappa shape index (κ3) is 5.52. The van der Waals surface area contributed by atoms with Crippen LogP contribution in [0.25, 0.3) is 6.08 Å². The monoisotopic (exact) mass is 510 g/mol. The summed E-state index contributed by atoms with van der Waals surface area (Å²) in [4.78, 5) is 30.2. The van der Waals surface area contributed by atoms with E-state index in [1.165, 1.54) is 30.2 Å². The fourth-order valence-corrected chi connectivity index (χ4v) is 6.36. The molecule has 3 aromatic carbocycles. The lowest BCUT2D eigenvalue weighted by molar-refractivity contribution is -0.114. The molecule has 2 aliphatic rings. The highest BCUT2D eigenvalue weighted by Crippen LogP contribution is 2.42. The van der Waals surface area contributed by atoms with Gasteiger partial charge >= 0.3 is 0 Å². The van der Waals surface area contributed by atoms with E-state index in [-0.39, 0.29) is 17.9 Å². The molecule has 1 fully saturated rings. The van der Waals surface area contributed by atoms with Crippen molar-refractivity contribution in [2.75, 3.05) is 4.90 Å². The van der Waals surface area contributed by atoms with E-state index in [4.69, 9.17) is 0 Å². The minimum absolute atomic E-state index is 0.00539. The molecule has 0 radical (unpaired) electrons. The minimum atomic E-state index is -0.0217. The number of nitrogens with zero attached hydrogens (tertiary/aromatic N) is 1. The van der Waals surface area contributed by atoms with Crippen LogP contribution in [0.3, 0.4) is 0 Å². The summed E-state index contributed by atoms with van der Waals surface area (Å²) in [6.45, 7) is 7.12. The molecule has 4 nitrogen and oxygen atoms in total. The van der Waals surface area contributed by atoms with Gasteiger partial charge in [-0.3, -0.25) is 9.59 Å². The average Bonchev–Trinajstić information content (AvgIpc) is 2.90. The molecule has 1 aliphatic carbocycles. The number of nitrogens with one attached hydrogen (secondary N) is 1. The lowest BCUT2D eigenvalue weighted by atomic mass is 9.78. The second-order valence-corrected chi connectivity index (χ2v) is 11.4. The van der Waals surface area contributed by atoms with Gasteiger partial charge in [0.15, 0.2) is 0 Å². The molecular formula is C32H34N2O2S. The van der Waals surface area contributed by atoms with Gasteiger partial charge in [-0.1, -0.05) is 87.0 Å². The number of carbonyl (C=O) groups is 2. The first-order valence-corrected chi connectivity index (χ1v) is 14.0. The Hall–Kier alpha value is -3.31. The SMILES string of the molecule is Cc1ccccc1CN1C(=O)/C(=C\c2ccc(C(=O)N[C@@H]3CCC[C@H](C)[C@@H]3C)cc2)Sc2ccccc21. The molecule has 37 heavy (non-hydrogen) atoms. The number of para-hydroxylation sites is 1. The van der Waals surface area contributed by atoms with Crippen LogP contribution in [0.1, 0.15) is 60.2 Å². The molecule has 1 N–H and O–H groups in total. The molecule has 5 heteroatoms. The molecule has 5 rings (SSSR count). The van der Waals surface area contributed by atoms with Gasteiger partial charge < -0.3 is 10.2 Å². The third-order valence-corrected chi connectivity index (χ3v) is 8.99. The number of aryl methyl sites for hydroxylation is 1. The van der Waals surface area contributed by atoms with Crippen molar-refractivity contribution in [2.45, 2.75) is 57.5 Å². The Morgan fingerprint density at radius 2 is 1.73 bits per heavy atom. The van der Waals surface area contributed by atoms with Crippen molar-refractivity contribution in [3.05, 3.63) is 100.0 Å². The van der Waals surface area contributed by atoms with E-state index >= 15 is 0 Å². The maximum atomic E-state index is 13.6. The maximum Gasteiger partial charge on any atom is 0.265 e. The Morgan fingerprint density at radius 1 is 1.00 bits per heavy atom. The van der Waals surface area contributed by atoms with Crippen molar-refractivity contribution in [3.63, 3.8) is 0 Å². The number of thioether (sulfide) groups is 1. The fourth-order valence-electron chi connectivity index (χ4n) is 5.30. The Balaban J connectivity index is 1.35. The van der Waals surface area contributed by atoms with Gasteiger partial charge in [0.2, 0.25) is 0 Å². The van der Waals surface area contributed by atoms with E-state index < -0.39 is 0 Å². The summed E-state index contributed by atoms with van der Waals surface area (Å²) < 4.78 is 0. The molecule has 1 saturated carbocycles. The number of carbonyl (C=O) groups excluding carboxylic acids is 2. The average molecular weight is 511 g/mol. The molecule has 3 aromatic rings. The maximum absolute atomic E-state index is 13.6. The summed E-state index contributed by atoms with van der Waals surface area (Å²) in [5.74, 6) is 1.09. The van der Waals surface area contributed by atoms with Gasteiger partial charge in [0, 0.05) is 16.5 Å². The zero-order valence-corrected chi connectivity index (χ0v) is 22.6. The Kier molecular flexibility index (Phi) is 7.52. The Labute approximate surface area is 224 Å². The predicted molar refractivity (Wildman–Crippen MR) is 153 cm³/mol. The van der Waals surface area contributed by atoms with Crippen LogP contribution in [0.4, 0.5) is 5.69 Å². The summed E-state index contributed by atoms with van der Waals surface area (Å²) in [6.07, 6.45) is 5.38. The number of hydrogen-bond acceptors (Lipinski definition) is 3. The van der Waals surface area contributed by atoms with E-state index in [2.05, 4.69) is 44.3 Å². The quantitative estimate of drug-likeness (QED) is 0.368. The number of fused-ring (bicyclic) bond motifs is 1. The highest BCUT2D eigenvalue weighted by atomic mass is 32.2. The van der Waals surface area contributed by atoms with Crippen molar-refractivity contribution in [3.8, 4) is 0 Å². The number of rotatable bonds is 5. The summed E-state index contributed by atoms with van der Waals surface area (Å²) in [5, 5.41) is 3.25. The molecule has 0 bridgehead atoms. The smallest absolute Gasteiger partial charge is 0.265 e. The summed E-state index contributed by atoms with van der Waals surface area (Å²) in [7, 11) is 0. The number of hydrogen-bond donors (Lipinski definition) is 1. The molecule has 1 aliphatic heterocycles. The zero-order chi connectivity index (χ0) is 25.9. The molecule has 0 unspecified atom stereocenters. The molecule has 0 saturated heterocycles. The van der Waals surface area contributed by atoms with E-state index in [0.717, 1.165) is 28.1 Å². The molecule has 1 heterocycles. The third-order valence-electron chi connectivity index (χ3n) is 7.92. The molecular weight excluding hydrogens is 476 g/mol. The van der Waals surface area contributed by atoms with Gasteiger partial charge in [-0.25, -0.2) is 0 Å². The van der Waals surface area contributed by atoms with Gasteiger partial charge in [0.05, 0.1) is 17.1 Å². The molecule has 190 valence electrons. The van der Waals surface area contributed by atoms with Gasteiger partial charge in [-0.05, 0) is 72.2 Å². The first-order valence-electron chi connectivity index (χ1n) is 13.2. The van der Waals surface area contributed by atoms with Gasteiger partial charge in [0.25, 0.3) is 11.8 Å². The highest BCUT2D eigenvalue weighted by molar-refractivity contribution is 8.04. The normalized spacial score (nSPS) is 22.6. The molecule has 0 spiro atoms. The zero-order valence-electron chi connectivity index (χ0n) is 21.7. The van der Waals surface area contributed by atoms with E-state index in [1.54, 1.807) is 0 Å². The number of benzene rings is 3. The molecule has 0 aromatic heterocycles. The van der Waals surface area contributed by atoms with E-state index in [1.807, 2.05) is 65.6 Å². The van der Waals surface area contributed by atoms with Gasteiger partial charge in [-0.2, -0.15) is 0 Å².